The molecule has 2 N–H and O–H groups in total. The van der Waals surface area contributed by atoms with Crippen molar-refractivity contribution in [3.8, 4) is 0 Å². The molecule has 2 amide bonds. The monoisotopic (exact) mass is 396 g/mol. The number of benzene rings is 1. The number of rotatable bonds is 12. The van der Waals surface area contributed by atoms with Gasteiger partial charge in [0.15, 0.2) is 0 Å². The number of halogens is 1. The minimum Gasteiger partial charge on any atom is -0.481 e. The SMILES string of the molecule is O=C(O)CSC1CC(=O)N1CC(=O)NCCCCCCc1ccc(F)cc1. The van der Waals surface area contributed by atoms with Crippen LogP contribution >= 0.6 is 11.8 Å². The molecule has 8 heteroatoms. The van der Waals surface area contributed by atoms with Crippen LogP contribution in [0.15, 0.2) is 24.3 Å². The van der Waals surface area contributed by atoms with Gasteiger partial charge in [-0.05, 0) is 37.0 Å². The number of carboxylic acids is 1. The molecule has 1 unspecified atom stereocenters. The van der Waals surface area contributed by atoms with Gasteiger partial charge in [-0.1, -0.05) is 25.0 Å². The summed E-state index contributed by atoms with van der Waals surface area (Å²) < 4.78 is 12.8. The number of hydrogen-bond acceptors (Lipinski definition) is 4. The second-order valence-electron chi connectivity index (χ2n) is 6.53. The zero-order chi connectivity index (χ0) is 19.6. The first-order valence-corrected chi connectivity index (χ1v) is 10.1. The summed E-state index contributed by atoms with van der Waals surface area (Å²) >= 11 is 1.17. The molecule has 1 aliphatic heterocycles. The normalized spacial score (nSPS) is 16.1. The van der Waals surface area contributed by atoms with E-state index in [2.05, 4.69) is 5.32 Å². The summed E-state index contributed by atoms with van der Waals surface area (Å²) in [7, 11) is 0. The number of nitrogens with zero attached hydrogens (tertiary/aromatic N) is 1. The number of nitrogens with one attached hydrogen (secondary N) is 1. The lowest BCUT2D eigenvalue weighted by atomic mass is 10.1. The van der Waals surface area contributed by atoms with Crippen LogP contribution in [0.4, 0.5) is 4.39 Å². The number of thioether (sulfide) groups is 1. The molecule has 0 spiro atoms. The van der Waals surface area contributed by atoms with E-state index < -0.39 is 5.97 Å². The van der Waals surface area contributed by atoms with Crippen LogP contribution < -0.4 is 5.32 Å². The minimum atomic E-state index is -0.928. The fourth-order valence-corrected chi connectivity index (χ4v) is 3.80. The molecule has 6 nitrogen and oxygen atoms in total. The highest BCUT2D eigenvalue weighted by atomic mass is 32.2. The lowest BCUT2D eigenvalue weighted by Gasteiger charge is -2.39. The van der Waals surface area contributed by atoms with Gasteiger partial charge in [-0.15, -0.1) is 11.8 Å². The van der Waals surface area contributed by atoms with Gasteiger partial charge >= 0.3 is 5.97 Å². The molecule has 2 rings (SSSR count). The Kier molecular flexibility index (Phi) is 8.57. The highest BCUT2D eigenvalue weighted by Gasteiger charge is 2.37. The molecule has 0 aliphatic carbocycles. The summed E-state index contributed by atoms with van der Waals surface area (Å²) in [6.45, 7) is 0.547. The van der Waals surface area contributed by atoms with Gasteiger partial charge in [0.1, 0.15) is 12.4 Å². The average molecular weight is 396 g/mol. The Labute approximate surface area is 162 Å². The van der Waals surface area contributed by atoms with Crippen LogP contribution in [0.2, 0.25) is 0 Å². The van der Waals surface area contributed by atoms with Gasteiger partial charge < -0.3 is 15.3 Å². The Morgan fingerprint density at radius 1 is 1.19 bits per heavy atom. The number of unbranched alkanes of at least 4 members (excludes halogenated alkanes) is 3. The first kappa shape index (κ1) is 21.2. The van der Waals surface area contributed by atoms with E-state index in [0.717, 1.165) is 37.7 Å². The van der Waals surface area contributed by atoms with Crippen molar-refractivity contribution in [1.29, 1.82) is 0 Å². The van der Waals surface area contributed by atoms with Crippen molar-refractivity contribution in [2.45, 2.75) is 43.9 Å². The number of aryl methyl sites for hydroxylation is 1. The summed E-state index contributed by atoms with van der Waals surface area (Å²) in [5, 5.41) is 11.3. The van der Waals surface area contributed by atoms with Crippen LogP contribution in [-0.4, -0.2) is 52.0 Å². The molecule has 0 bridgehead atoms. The third kappa shape index (κ3) is 7.58. The predicted molar refractivity (Wildman–Crippen MR) is 102 cm³/mol. The predicted octanol–water partition coefficient (Wildman–Crippen LogP) is 2.42. The third-order valence-electron chi connectivity index (χ3n) is 4.36. The number of hydrogen-bond donors (Lipinski definition) is 2. The fourth-order valence-electron chi connectivity index (χ4n) is 2.83. The van der Waals surface area contributed by atoms with Gasteiger partial charge in [-0.25, -0.2) is 4.39 Å². The van der Waals surface area contributed by atoms with Crippen molar-refractivity contribution < 1.29 is 23.9 Å². The van der Waals surface area contributed by atoms with Gasteiger partial charge in [0.25, 0.3) is 0 Å². The molecule has 0 radical (unpaired) electrons. The first-order chi connectivity index (χ1) is 13.0. The van der Waals surface area contributed by atoms with E-state index >= 15 is 0 Å². The van der Waals surface area contributed by atoms with Crippen LogP contribution in [0.1, 0.15) is 37.7 Å². The van der Waals surface area contributed by atoms with Gasteiger partial charge in [0, 0.05) is 6.54 Å². The van der Waals surface area contributed by atoms with Crippen molar-refractivity contribution in [3.05, 3.63) is 35.6 Å². The van der Waals surface area contributed by atoms with E-state index in [1.54, 1.807) is 12.1 Å². The fraction of sp³-hybridized carbons (Fsp3) is 0.526. The molecule has 1 fully saturated rings. The van der Waals surface area contributed by atoms with Gasteiger partial charge in [0.05, 0.1) is 17.5 Å². The van der Waals surface area contributed by atoms with Gasteiger partial charge in [-0.2, -0.15) is 0 Å². The quantitative estimate of drug-likeness (QED) is 0.419. The molecular formula is C19H25FN2O4S. The molecule has 0 saturated carbocycles. The summed E-state index contributed by atoms with van der Waals surface area (Å²) in [4.78, 5) is 35.5. The Hall–Kier alpha value is -2.09. The topological polar surface area (TPSA) is 86.7 Å². The average Bonchev–Trinajstić information content (AvgIpc) is 2.63. The number of aliphatic carboxylic acids is 1. The number of carboxylic acid groups (broad SMARTS) is 1. The van der Waals surface area contributed by atoms with E-state index in [9.17, 15) is 18.8 Å². The zero-order valence-electron chi connectivity index (χ0n) is 15.2. The number of β-lactam (4-membered cyclic amide) rings is 1. The number of likely N-dealkylation sites (tertiary alicyclic amines) is 1. The van der Waals surface area contributed by atoms with E-state index in [0.29, 0.717) is 13.0 Å². The Bertz CT molecular complexity index is 654. The van der Waals surface area contributed by atoms with Gasteiger partial charge in [-0.3, -0.25) is 14.4 Å². The lowest BCUT2D eigenvalue weighted by Crippen LogP contribution is -2.54. The highest BCUT2D eigenvalue weighted by Crippen LogP contribution is 2.28. The summed E-state index contributed by atoms with van der Waals surface area (Å²) in [6, 6.07) is 6.54. The standard InChI is InChI=1S/C19H25FN2O4S/c20-15-8-6-14(7-9-15)5-3-1-2-4-10-21-16(23)12-22-17(24)11-18(22)27-13-19(25)26/h6-9,18H,1-5,10-13H2,(H,21,23)(H,25,26). The third-order valence-corrected chi connectivity index (χ3v) is 5.58. The minimum absolute atomic E-state index is 0.0132. The Morgan fingerprint density at radius 2 is 1.89 bits per heavy atom. The molecule has 148 valence electrons. The Morgan fingerprint density at radius 3 is 2.56 bits per heavy atom. The maximum absolute atomic E-state index is 12.8. The van der Waals surface area contributed by atoms with Crippen molar-refractivity contribution in [2.24, 2.45) is 0 Å². The van der Waals surface area contributed by atoms with Crippen molar-refractivity contribution in [1.82, 2.24) is 10.2 Å². The molecule has 1 aromatic rings. The van der Waals surface area contributed by atoms with Crippen LogP contribution in [0.3, 0.4) is 0 Å². The maximum Gasteiger partial charge on any atom is 0.313 e. The molecular weight excluding hydrogens is 371 g/mol. The number of carbonyl (C=O) groups is 3. The molecule has 1 saturated heterocycles. The number of amides is 2. The lowest BCUT2D eigenvalue weighted by molar-refractivity contribution is -0.145. The molecule has 1 atom stereocenters. The summed E-state index contributed by atoms with van der Waals surface area (Å²) in [6.07, 6.45) is 5.11. The summed E-state index contributed by atoms with van der Waals surface area (Å²) in [5.74, 6) is -1.55. The second-order valence-corrected chi connectivity index (χ2v) is 7.69. The molecule has 1 aromatic carbocycles. The smallest absolute Gasteiger partial charge is 0.313 e. The molecule has 1 heterocycles. The van der Waals surface area contributed by atoms with Crippen LogP contribution in [-0.2, 0) is 20.8 Å². The first-order valence-electron chi connectivity index (χ1n) is 9.09. The van der Waals surface area contributed by atoms with Crippen molar-refractivity contribution in [2.75, 3.05) is 18.8 Å². The van der Waals surface area contributed by atoms with Crippen LogP contribution in [0, 0.1) is 5.82 Å². The van der Waals surface area contributed by atoms with E-state index in [4.69, 9.17) is 5.11 Å². The molecule has 27 heavy (non-hydrogen) atoms. The number of carbonyl (C=O) groups excluding carboxylic acids is 2. The zero-order valence-corrected chi connectivity index (χ0v) is 16.0. The van der Waals surface area contributed by atoms with E-state index in [-0.39, 0.29) is 35.3 Å². The van der Waals surface area contributed by atoms with Gasteiger partial charge in [0.2, 0.25) is 11.8 Å². The van der Waals surface area contributed by atoms with Crippen LogP contribution in [0.25, 0.3) is 0 Å². The van der Waals surface area contributed by atoms with E-state index in [1.165, 1.54) is 28.8 Å². The Balaban J connectivity index is 1.51. The summed E-state index contributed by atoms with van der Waals surface area (Å²) in [5.41, 5.74) is 1.12. The van der Waals surface area contributed by atoms with E-state index in [1.807, 2.05) is 0 Å². The highest BCUT2D eigenvalue weighted by molar-refractivity contribution is 8.00. The van der Waals surface area contributed by atoms with Crippen molar-refractivity contribution >= 4 is 29.5 Å². The van der Waals surface area contributed by atoms with Crippen molar-refractivity contribution in [3.63, 3.8) is 0 Å². The maximum atomic E-state index is 12.8. The molecule has 1 aliphatic rings. The second kappa shape index (κ2) is 10.9. The molecule has 0 aromatic heterocycles. The largest absolute Gasteiger partial charge is 0.481 e. The van der Waals surface area contributed by atoms with Crippen LogP contribution in [0.5, 0.6) is 0 Å².